The summed E-state index contributed by atoms with van der Waals surface area (Å²) in [7, 11) is 0. The number of thiazole rings is 1. The lowest BCUT2D eigenvalue weighted by Gasteiger charge is -2.25. The van der Waals surface area contributed by atoms with Gasteiger partial charge in [-0.25, -0.2) is 4.98 Å². The van der Waals surface area contributed by atoms with E-state index in [2.05, 4.69) is 20.7 Å². The lowest BCUT2D eigenvalue weighted by atomic mass is 9.95. The molecular formula is C21H23N5O3S2. The first-order valence-electron chi connectivity index (χ1n) is 10.4. The molecule has 0 radical (unpaired) electrons. The minimum atomic E-state index is -0.421. The maximum atomic E-state index is 13.1. The summed E-state index contributed by atoms with van der Waals surface area (Å²) in [5, 5.41) is 3.40. The van der Waals surface area contributed by atoms with Gasteiger partial charge in [0.05, 0.1) is 18.8 Å². The second-order valence-electron chi connectivity index (χ2n) is 7.50. The molecule has 0 spiro atoms. The summed E-state index contributed by atoms with van der Waals surface area (Å²) >= 11 is 3.08. The van der Waals surface area contributed by atoms with Crippen molar-refractivity contribution in [2.45, 2.75) is 25.7 Å². The number of ether oxygens (including phenoxy) is 1. The van der Waals surface area contributed by atoms with E-state index in [0.29, 0.717) is 24.5 Å². The Morgan fingerprint density at radius 2 is 1.77 bits per heavy atom. The van der Waals surface area contributed by atoms with Crippen LogP contribution in [-0.2, 0) is 17.6 Å². The van der Waals surface area contributed by atoms with Crippen molar-refractivity contribution in [2.75, 3.05) is 31.2 Å². The van der Waals surface area contributed by atoms with Crippen LogP contribution in [0.2, 0.25) is 0 Å². The fourth-order valence-corrected chi connectivity index (χ4v) is 6.16. The van der Waals surface area contributed by atoms with Crippen molar-refractivity contribution in [3.8, 4) is 5.00 Å². The monoisotopic (exact) mass is 457 g/mol. The average Bonchev–Trinajstić information content (AvgIpc) is 3.57. The summed E-state index contributed by atoms with van der Waals surface area (Å²) in [5.41, 5.74) is 7.21. The topological polar surface area (TPSA) is 88.5 Å². The van der Waals surface area contributed by atoms with Gasteiger partial charge in [-0.3, -0.25) is 20.4 Å². The number of hydrazine groups is 1. The molecular weight excluding hydrogens is 434 g/mol. The number of nitrogens with zero attached hydrogens (tertiary/aromatic N) is 3. The molecule has 3 aromatic heterocycles. The molecule has 8 nitrogen and oxygen atoms in total. The third-order valence-corrected chi connectivity index (χ3v) is 7.72. The van der Waals surface area contributed by atoms with Gasteiger partial charge in [-0.1, -0.05) is 0 Å². The molecule has 1 aliphatic carbocycles. The van der Waals surface area contributed by atoms with Crippen molar-refractivity contribution < 1.29 is 14.3 Å². The second kappa shape index (κ2) is 8.81. The molecule has 10 heteroatoms. The van der Waals surface area contributed by atoms with E-state index in [4.69, 9.17) is 4.74 Å². The largest absolute Gasteiger partial charge is 0.378 e. The van der Waals surface area contributed by atoms with Crippen LogP contribution < -0.4 is 15.8 Å². The highest BCUT2D eigenvalue weighted by Crippen LogP contribution is 2.36. The third kappa shape index (κ3) is 4.10. The zero-order valence-corrected chi connectivity index (χ0v) is 18.6. The molecule has 0 bridgehead atoms. The van der Waals surface area contributed by atoms with Gasteiger partial charge in [0.15, 0.2) is 5.13 Å². The van der Waals surface area contributed by atoms with Gasteiger partial charge in [-0.2, -0.15) is 0 Å². The molecule has 0 atom stereocenters. The predicted octanol–water partition coefficient (Wildman–Crippen LogP) is 2.79. The van der Waals surface area contributed by atoms with Crippen molar-refractivity contribution in [3.63, 3.8) is 0 Å². The molecule has 1 aliphatic heterocycles. The number of aromatic nitrogens is 2. The van der Waals surface area contributed by atoms with E-state index < -0.39 is 5.91 Å². The first-order chi connectivity index (χ1) is 15.2. The van der Waals surface area contributed by atoms with Crippen molar-refractivity contribution in [2.24, 2.45) is 0 Å². The molecule has 162 valence electrons. The molecule has 1 fully saturated rings. The zero-order valence-electron chi connectivity index (χ0n) is 16.9. The summed E-state index contributed by atoms with van der Waals surface area (Å²) in [6.45, 7) is 2.84. The van der Waals surface area contributed by atoms with Gasteiger partial charge in [0.1, 0.15) is 10.7 Å². The molecule has 31 heavy (non-hydrogen) atoms. The van der Waals surface area contributed by atoms with Crippen LogP contribution in [0, 0.1) is 0 Å². The number of carbonyl (C=O) groups is 2. The van der Waals surface area contributed by atoms with Gasteiger partial charge >= 0.3 is 0 Å². The summed E-state index contributed by atoms with van der Waals surface area (Å²) in [6.07, 6.45) is 7.98. The number of nitrogens with one attached hydrogen (secondary N) is 2. The van der Waals surface area contributed by atoms with Crippen molar-refractivity contribution >= 4 is 39.6 Å². The highest BCUT2D eigenvalue weighted by Gasteiger charge is 2.26. The molecule has 0 saturated carbocycles. The van der Waals surface area contributed by atoms with E-state index in [-0.39, 0.29) is 5.91 Å². The molecule has 2 N–H and O–H groups in total. The number of carbonyl (C=O) groups excluding carboxylic acids is 2. The fourth-order valence-electron chi connectivity index (χ4n) is 3.95. The Morgan fingerprint density at radius 3 is 2.58 bits per heavy atom. The molecule has 4 heterocycles. The van der Waals surface area contributed by atoms with Gasteiger partial charge in [0, 0.05) is 35.7 Å². The first kappa shape index (κ1) is 20.2. The van der Waals surface area contributed by atoms with Crippen molar-refractivity contribution in [1.29, 1.82) is 0 Å². The minimum absolute atomic E-state index is 0.292. The summed E-state index contributed by atoms with van der Waals surface area (Å²) in [6, 6.07) is 3.88. The van der Waals surface area contributed by atoms with E-state index in [1.165, 1.54) is 16.2 Å². The van der Waals surface area contributed by atoms with E-state index in [1.54, 1.807) is 16.7 Å². The van der Waals surface area contributed by atoms with Crippen LogP contribution in [-0.4, -0.2) is 47.7 Å². The molecule has 5 rings (SSSR count). The van der Waals surface area contributed by atoms with Gasteiger partial charge in [-0.05, 0) is 43.4 Å². The van der Waals surface area contributed by atoms with Gasteiger partial charge < -0.3 is 14.2 Å². The number of anilines is 1. The Labute approximate surface area is 187 Å². The third-order valence-electron chi connectivity index (χ3n) is 5.51. The normalized spacial score (nSPS) is 16.1. The van der Waals surface area contributed by atoms with Gasteiger partial charge in [0.2, 0.25) is 0 Å². The van der Waals surface area contributed by atoms with E-state index >= 15 is 0 Å². The Balaban J connectivity index is 1.30. The highest BCUT2D eigenvalue weighted by atomic mass is 32.1. The number of amides is 2. The molecule has 3 aromatic rings. The molecule has 2 aliphatic rings. The Hall–Kier alpha value is -2.69. The Kier molecular flexibility index (Phi) is 5.75. The van der Waals surface area contributed by atoms with Crippen molar-refractivity contribution in [3.05, 3.63) is 51.6 Å². The van der Waals surface area contributed by atoms with E-state index in [1.807, 2.05) is 29.1 Å². The number of thiophene rings is 1. The van der Waals surface area contributed by atoms with Crippen molar-refractivity contribution in [1.82, 2.24) is 20.4 Å². The van der Waals surface area contributed by atoms with Crippen LogP contribution in [0.3, 0.4) is 0 Å². The van der Waals surface area contributed by atoms with Gasteiger partial charge in [0.25, 0.3) is 11.8 Å². The first-order valence-corrected chi connectivity index (χ1v) is 12.1. The minimum Gasteiger partial charge on any atom is -0.378 e. The Morgan fingerprint density at radius 1 is 1.03 bits per heavy atom. The molecule has 0 unspecified atom stereocenters. The highest BCUT2D eigenvalue weighted by molar-refractivity contribution is 7.15. The number of hydrogen-bond acceptors (Lipinski definition) is 7. The number of rotatable bonds is 4. The van der Waals surface area contributed by atoms with Crippen LogP contribution >= 0.6 is 22.7 Å². The summed E-state index contributed by atoms with van der Waals surface area (Å²) in [5.74, 6) is -0.712. The number of hydrogen-bond donors (Lipinski definition) is 2. The molecule has 0 aromatic carbocycles. The maximum Gasteiger partial charge on any atom is 0.289 e. The number of fused-ring (bicyclic) bond motifs is 1. The standard InChI is InChI=1S/C21H23N5O3S2/c27-18(15-13-30-21(22-15)26-9-11-29-12-10-26)23-24-19(28)17-14-5-1-2-6-16(14)31-20(17)25-7-3-4-8-25/h3-4,7-8,13H,1-2,5-6,9-12H2,(H,23,27)(H,24,28). The predicted molar refractivity (Wildman–Crippen MR) is 120 cm³/mol. The van der Waals surface area contributed by atoms with E-state index in [0.717, 1.165) is 54.5 Å². The lowest BCUT2D eigenvalue weighted by Crippen LogP contribution is -2.42. The molecule has 1 saturated heterocycles. The van der Waals surface area contributed by atoms with Gasteiger partial charge in [-0.15, -0.1) is 22.7 Å². The summed E-state index contributed by atoms with van der Waals surface area (Å²) < 4.78 is 7.33. The average molecular weight is 458 g/mol. The number of aryl methyl sites for hydroxylation is 1. The zero-order chi connectivity index (χ0) is 21.2. The Bertz CT molecular complexity index is 1080. The maximum absolute atomic E-state index is 13.1. The SMILES string of the molecule is O=C(NNC(=O)c1c(-n2cccc2)sc2c1CCCC2)c1csc(N2CCOCC2)n1. The van der Waals surface area contributed by atoms with Crippen LogP contribution in [0.25, 0.3) is 5.00 Å². The molecule has 2 amide bonds. The fraction of sp³-hybridized carbons (Fsp3) is 0.381. The quantitative estimate of drug-likeness (QED) is 0.588. The van der Waals surface area contributed by atoms with E-state index in [9.17, 15) is 9.59 Å². The van der Waals surface area contributed by atoms with Crippen LogP contribution in [0.1, 0.15) is 44.1 Å². The van der Waals surface area contributed by atoms with Crippen LogP contribution in [0.4, 0.5) is 5.13 Å². The van der Waals surface area contributed by atoms with Crippen LogP contribution in [0.5, 0.6) is 0 Å². The summed E-state index contributed by atoms with van der Waals surface area (Å²) in [4.78, 5) is 33.5. The van der Waals surface area contributed by atoms with Crippen LogP contribution in [0.15, 0.2) is 29.9 Å². The number of morpholine rings is 1. The lowest BCUT2D eigenvalue weighted by molar-refractivity contribution is 0.0844. The smallest absolute Gasteiger partial charge is 0.289 e. The second-order valence-corrected chi connectivity index (χ2v) is 9.42.